The molecule has 1 unspecified atom stereocenters. The zero-order chi connectivity index (χ0) is 19.9. The summed E-state index contributed by atoms with van der Waals surface area (Å²) < 4.78 is 0. The highest BCUT2D eigenvalue weighted by Gasteiger charge is 2.26. The summed E-state index contributed by atoms with van der Waals surface area (Å²) in [5.41, 5.74) is 2.63. The van der Waals surface area contributed by atoms with Gasteiger partial charge in [0.2, 0.25) is 0 Å². The predicted octanol–water partition coefficient (Wildman–Crippen LogP) is 1.91. The van der Waals surface area contributed by atoms with Crippen molar-refractivity contribution in [3.05, 3.63) is 18.1 Å². The SMILES string of the molecule is CC(C)CC(NC(=O)O)C(=O)NN(CC(C)(C)C)c1cncc(C#N)n1. The van der Waals surface area contributed by atoms with Gasteiger partial charge >= 0.3 is 6.09 Å². The number of nitrogens with zero attached hydrogens (tertiary/aromatic N) is 4. The Morgan fingerprint density at radius 2 is 2.00 bits per heavy atom. The molecule has 9 nitrogen and oxygen atoms in total. The van der Waals surface area contributed by atoms with Crippen molar-refractivity contribution in [2.45, 2.75) is 47.1 Å². The molecule has 142 valence electrons. The molecule has 1 aromatic heterocycles. The Bertz CT molecular complexity index is 678. The van der Waals surface area contributed by atoms with Gasteiger partial charge in [0, 0.05) is 6.54 Å². The lowest BCUT2D eigenvalue weighted by atomic mass is 9.96. The number of hydrogen-bond donors (Lipinski definition) is 3. The van der Waals surface area contributed by atoms with Crippen molar-refractivity contribution < 1.29 is 14.7 Å². The van der Waals surface area contributed by atoms with Crippen LogP contribution in [0.2, 0.25) is 0 Å². The highest BCUT2D eigenvalue weighted by atomic mass is 16.4. The fourth-order valence-corrected chi connectivity index (χ4v) is 2.25. The van der Waals surface area contributed by atoms with Crippen molar-refractivity contribution in [3.63, 3.8) is 0 Å². The number of hydrogen-bond acceptors (Lipinski definition) is 6. The molecule has 0 aliphatic carbocycles. The number of nitriles is 1. The van der Waals surface area contributed by atoms with Gasteiger partial charge in [0.05, 0.1) is 12.4 Å². The second-order valence-electron chi connectivity index (χ2n) is 7.63. The summed E-state index contributed by atoms with van der Waals surface area (Å²) in [6, 6.07) is 1.01. The number of rotatable bonds is 7. The lowest BCUT2D eigenvalue weighted by Gasteiger charge is -2.32. The molecule has 1 aromatic rings. The average molecular weight is 362 g/mol. The van der Waals surface area contributed by atoms with Crippen molar-refractivity contribution >= 4 is 17.8 Å². The van der Waals surface area contributed by atoms with E-state index >= 15 is 0 Å². The molecular weight excluding hydrogens is 336 g/mol. The van der Waals surface area contributed by atoms with Gasteiger partial charge in [-0.25, -0.2) is 9.78 Å². The molecule has 0 fully saturated rings. The van der Waals surface area contributed by atoms with Gasteiger partial charge in [-0.3, -0.25) is 20.2 Å². The maximum Gasteiger partial charge on any atom is 0.405 e. The molecule has 0 saturated heterocycles. The van der Waals surface area contributed by atoms with E-state index in [9.17, 15) is 9.59 Å². The number of nitrogens with one attached hydrogen (secondary N) is 2. The monoisotopic (exact) mass is 362 g/mol. The van der Waals surface area contributed by atoms with Gasteiger partial charge in [0.15, 0.2) is 11.5 Å². The van der Waals surface area contributed by atoms with Crippen molar-refractivity contribution in [3.8, 4) is 6.07 Å². The third-order valence-electron chi connectivity index (χ3n) is 3.21. The van der Waals surface area contributed by atoms with Crippen LogP contribution in [0.3, 0.4) is 0 Å². The van der Waals surface area contributed by atoms with Crippen molar-refractivity contribution in [2.75, 3.05) is 11.6 Å². The first kappa shape index (κ1) is 21.2. The number of anilines is 1. The largest absolute Gasteiger partial charge is 0.465 e. The Labute approximate surface area is 153 Å². The molecular formula is C17H26N6O3. The summed E-state index contributed by atoms with van der Waals surface area (Å²) in [4.78, 5) is 31.8. The van der Waals surface area contributed by atoms with E-state index in [4.69, 9.17) is 10.4 Å². The first-order chi connectivity index (χ1) is 12.0. The van der Waals surface area contributed by atoms with Crippen LogP contribution in [0.4, 0.5) is 10.6 Å². The highest BCUT2D eigenvalue weighted by Crippen LogP contribution is 2.18. The molecule has 0 saturated carbocycles. The van der Waals surface area contributed by atoms with Crippen LogP contribution in [-0.4, -0.2) is 39.7 Å². The van der Waals surface area contributed by atoms with Gasteiger partial charge in [-0.1, -0.05) is 34.6 Å². The third-order valence-corrected chi connectivity index (χ3v) is 3.21. The summed E-state index contributed by atoms with van der Waals surface area (Å²) in [7, 11) is 0. The Kier molecular flexibility index (Phi) is 7.31. The van der Waals surface area contributed by atoms with Gasteiger partial charge in [-0.05, 0) is 17.8 Å². The van der Waals surface area contributed by atoms with Crippen LogP contribution in [0.5, 0.6) is 0 Å². The lowest BCUT2D eigenvalue weighted by molar-refractivity contribution is -0.123. The van der Waals surface area contributed by atoms with Crippen LogP contribution in [-0.2, 0) is 4.79 Å². The Morgan fingerprint density at radius 1 is 1.35 bits per heavy atom. The Hall–Kier alpha value is -2.89. The predicted molar refractivity (Wildman–Crippen MR) is 96.1 cm³/mol. The van der Waals surface area contributed by atoms with Gasteiger partial charge in [0.25, 0.3) is 5.91 Å². The van der Waals surface area contributed by atoms with E-state index in [0.29, 0.717) is 18.8 Å². The van der Waals surface area contributed by atoms with E-state index in [1.165, 1.54) is 17.4 Å². The fraction of sp³-hybridized carbons (Fsp3) is 0.588. The number of amides is 2. The molecule has 9 heteroatoms. The summed E-state index contributed by atoms with van der Waals surface area (Å²) in [6.07, 6.45) is 1.86. The summed E-state index contributed by atoms with van der Waals surface area (Å²) in [5.74, 6) is -0.0594. The molecule has 1 rings (SSSR count). The first-order valence-corrected chi connectivity index (χ1v) is 8.31. The molecule has 0 aliphatic heterocycles. The first-order valence-electron chi connectivity index (χ1n) is 8.31. The molecule has 1 atom stereocenters. The second kappa shape index (κ2) is 8.99. The standard InChI is InChI=1S/C17H26N6O3/c1-11(2)6-13(21-16(25)26)15(24)22-23(10-17(3,4)5)14-9-19-8-12(7-18)20-14/h8-9,11,13,21H,6,10H2,1-5H3,(H,22,24)(H,25,26). The Morgan fingerprint density at radius 3 is 2.50 bits per heavy atom. The van der Waals surface area contributed by atoms with E-state index in [1.807, 2.05) is 40.7 Å². The number of carboxylic acid groups (broad SMARTS) is 1. The minimum Gasteiger partial charge on any atom is -0.465 e. The molecule has 26 heavy (non-hydrogen) atoms. The molecule has 0 radical (unpaired) electrons. The van der Waals surface area contributed by atoms with E-state index in [2.05, 4.69) is 20.7 Å². The fourth-order valence-electron chi connectivity index (χ4n) is 2.25. The van der Waals surface area contributed by atoms with Crippen LogP contribution in [0.25, 0.3) is 0 Å². The molecule has 2 amide bonds. The van der Waals surface area contributed by atoms with Crippen LogP contribution < -0.4 is 15.8 Å². The van der Waals surface area contributed by atoms with Crippen molar-refractivity contribution in [2.24, 2.45) is 11.3 Å². The normalized spacial score (nSPS) is 12.2. The lowest BCUT2D eigenvalue weighted by Crippen LogP contribution is -2.54. The number of carbonyl (C=O) groups excluding carboxylic acids is 1. The zero-order valence-corrected chi connectivity index (χ0v) is 15.8. The van der Waals surface area contributed by atoms with Crippen LogP contribution >= 0.6 is 0 Å². The maximum absolute atomic E-state index is 12.6. The van der Waals surface area contributed by atoms with Gasteiger partial charge < -0.3 is 10.4 Å². The van der Waals surface area contributed by atoms with E-state index in [0.717, 1.165) is 0 Å². The topological polar surface area (TPSA) is 131 Å². The van der Waals surface area contributed by atoms with E-state index < -0.39 is 18.0 Å². The van der Waals surface area contributed by atoms with Gasteiger partial charge in [-0.15, -0.1) is 0 Å². The minimum atomic E-state index is -1.26. The molecule has 0 aliphatic rings. The summed E-state index contributed by atoms with van der Waals surface area (Å²) >= 11 is 0. The Balaban J connectivity index is 3.08. The van der Waals surface area contributed by atoms with Crippen molar-refractivity contribution in [1.29, 1.82) is 5.26 Å². The summed E-state index contributed by atoms with van der Waals surface area (Å²) in [5, 5.41) is 21.7. The van der Waals surface area contributed by atoms with Crippen LogP contribution in [0.1, 0.15) is 46.7 Å². The quantitative estimate of drug-likeness (QED) is 0.631. The number of carbonyl (C=O) groups is 2. The highest BCUT2D eigenvalue weighted by molar-refractivity contribution is 5.86. The average Bonchev–Trinajstić information content (AvgIpc) is 2.51. The second-order valence-corrected chi connectivity index (χ2v) is 7.63. The van der Waals surface area contributed by atoms with E-state index in [-0.39, 0.29) is 17.0 Å². The zero-order valence-electron chi connectivity index (χ0n) is 15.8. The van der Waals surface area contributed by atoms with Gasteiger partial charge in [0.1, 0.15) is 12.1 Å². The maximum atomic E-state index is 12.6. The molecule has 0 bridgehead atoms. The van der Waals surface area contributed by atoms with Gasteiger partial charge in [-0.2, -0.15) is 5.26 Å². The summed E-state index contributed by atoms with van der Waals surface area (Å²) in [6.45, 7) is 10.1. The smallest absolute Gasteiger partial charge is 0.405 e. The third kappa shape index (κ3) is 7.34. The molecule has 0 spiro atoms. The number of aromatic nitrogens is 2. The minimum absolute atomic E-state index is 0.121. The van der Waals surface area contributed by atoms with Crippen LogP contribution in [0, 0.1) is 22.7 Å². The van der Waals surface area contributed by atoms with Crippen molar-refractivity contribution in [1.82, 2.24) is 20.7 Å². The van der Waals surface area contributed by atoms with E-state index in [1.54, 1.807) is 0 Å². The molecule has 0 aromatic carbocycles. The van der Waals surface area contributed by atoms with Crippen LogP contribution in [0.15, 0.2) is 12.4 Å². The molecule has 3 N–H and O–H groups in total. The number of hydrazine groups is 1. The molecule has 1 heterocycles.